The molecule has 0 amide bonds. The Bertz CT molecular complexity index is 1130. The van der Waals surface area contributed by atoms with Crippen LogP contribution in [-0.4, -0.2) is 4.92 Å². The summed E-state index contributed by atoms with van der Waals surface area (Å²) in [7, 11) is 0. The van der Waals surface area contributed by atoms with E-state index < -0.39 is 16.4 Å². The molecule has 0 fully saturated rings. The van der Waals surface area contributed by atoms with Gasteiger partial charge in [-0.3, -0.25) is 10.1 Å². The second-order valence-electron chi connectivity index (χ2n) is 5.48. The van der Waals surface area contributed by atoms with Gasteiger partial charge in [-0.2, -0.15) is 10.5 Å². The van der Waals surface area contributed by atoms with Crippen molar-refractivity contribution in [2.24, 2.45) is 0 Å². The Balaban J connectivity index is 1.98. The summed E-state index contributed by atoms with van der Waals surface area (Å²) in [6, 6.07) is 16.8. The molecule has 6 nitrogen and oxygen atoms in total. The Morgan fingerprint density at radius 3 is 2.48 bits per heavy atom. The maximum atomic E-state index is 13.3. The van der Waals surface area contributed by atoms with Crippen LogP contribution in [0.1, 0.15) is 16.9 Å². The van der Waals surface area contributed by atoms with Gasteiger partial charge in [0.05, 0.1) is 39.8 Å². The Morgan fingerprint density at radius 2 is 1.85 bits per heavy atom. The minimum absolute atomic E-state index is 0.137. The van der Waals surface area contributed by atoms with E-state index in [4.69, 9.17) is 9.68 Å². The smallest absolute Gasteiger partial charge is 0.283 e. The number of benzene rings is 2. The van der Waals surface area contributed by atoms with Crippen LogP contribution in [0.25, 0.3) is 23.0 Å². The van der Waals surface area contributed by atoms with E-state index in [2.05, 4.69) is 6.07 Å². The van der Waals surface area contributed by atoms with E-state index in [1.165, 1.54) is 18.2 Å². The molecular formula is C20H10FN3O3. The van der Waals surface area contributed by atoms with Gasteiger partial charge in [0.25, 0.3) is 5.69 Å². The number of nitro benzene ring substituents is 1. The van der Waals surface area contributed by atoms with Crippen LogP contribution in [0.5, 0.6) is 0 Å². The molecule has 0 saturated heterocycles. The van der Waals surface area contributed by atoms with Crippen molar-refractivity contribution in [2.45, 2.75) is 0 Å². The fourth-order valence-corrected chi connectivity index (χ4v) is 2.49. The topological polar surface area (TPSA) is 104 Å². The van der Waals surface area contributed by atoms with Crippen LogP contribution in [0.3, 0.4) is 0 Å². The van der Waals surface area contributed by atoms with E-state index in [1.807, 2.05) is 6.07 Å². The Kier molecular flexibility index (Phi) is 4.78. The van der Waals surface area contributed by atoms with Gasteiger partial charge in [0.1, 0.15) is 17.3 Å². The Labute approximate surface area is 153 Å². The van der Waals surface area contributed by atoms with Gasteiger partial charge in [0.15, 0.2) is 0 Å². The molecule has 7 heteroatoms. The summed E-state index contributed by atoms with van der Waals surface area (Å²) >= 11 is 0. The summed E-state index contributed by atoms with van der Waals surface area (Å²) in [6.07, 6.45) is 1.49. The number of hydrogen-bond donors (Lipinski definition) is 0. The van der Waals surface area contributed by atoms with Crippen molar-refractivity contribution < 1.29 is 13.7 Å². The minimum Gasteiger partial charge on any atom is -0.456 e. The number of allylic oxidation sites excluding steroid dienone is 1. The van der Waals surface area contributed by atoms with E-state index in [-0.39, 0.29) is 11.3 Å². The van der Waals surface area contributed by atoms with Gasteiger partial charge in [0, 0.05) is 0 Å². The molecule has 130 valence electrons. The van der Waals surface area contributed by atoms with Crippen molar-refractivity contribution in [2.75, 3.05) is 0 Å². The van der Waals surface area contributed by atoms with Crippen molar-refractivity contribution in [3.8, 4) is 23.5 Å². The van der Waals surface area contributed by atoms with E-state index in [1.54, 1.807) is 30.3 Å². The summed E-state index contributed by atoms with van der Waals surface area (Å²) < 4.78 is 18.9. The average Bonchev–Trinajstić information content (AvgIpc) is 3.14. The normalized spacial score (nSPS) is 10.9. The van der Waals surface area contributed by atoms with Crippen LogP contribution < -0.4 is 0 Å². The molecule has 0 spiro atoms. The maximum absolute atomic E-state index is 13.3. The summed E-state index contributed by atoms with van der Waals surface area (Å²) in [4.78, 5) is 10.4. The fraction of sp³-hybridized carbons (Fsp3) is 0. The van der Waals surface area contributed by atoms with E-state index >= 15 is 0 Å². The van der Waals surface area contributed by atoms with E-state index in [9.17, 15) is 19.8 Å². The molecule has 0 radical (unpaired) electrons. The van der Waals surface area contributed by atoms with E-state index in [0.717, 1.165) is 12.1 Å². The number of furan rings is 1. The standard InChI is InChI=1S/C20H10FN3O3/c21-16-5-7-18(19(10-16)24(25)26)20-8-6-17(27-20)9-15(12-23)14-3-1-13(11-22)2-4-14/h1-10H. The van der Waals surface area contributed by atoms with Gasteiger partial charge in [-0.05, 0) is 48.0 Å². The third kappa shape index (κ3) is 3.73. The van der Waals surface area contributed by atoms with Crippen molar-refractivity contribution in [1.82, 2.24) is 0 Å². The first-order chi connectivity index (χ1) is 13.0. The van der Waals surface area contributed by atoms with Crippen LogP contribution in [-0.2, 0) is 0 Å². The Hall–Kier alpha value is -4.23. The lowest BCUT2D eigenvalue weighted by molar-refractivity contribution is -0.384. The Morgan fingerprint density at radius 1 is 1.11 bits per heavy atom. The molecule has 27 heavy (non-hydrogen) atoms. The zero-order valence-corrected chi connectivity index (χ0v) is 13.7. The number of nitro groups is 1. The molecule has 0 bridgehead atoms. The van der Waals surface area contributed by atoms with Crippen LogP contribution in [0.4, 0.5) is 10.1 Å². The zero-order valence-electron chi connectivity index (χ0n) is 13.7. The molecule has 0 unspecified atom stereocenters. The second kappa shape index (κ2) is 7.34. The molecule has 3 rings (SSSR count). The predicted octanol–water partition coefficient (Wildman–Crippen LogP) is 4.93. The third-order valence-corrected chi connectivity index (χ3v) is 3.78. The molecule has 3 aromatic rings. The molecule has 1 aromatic heterocycles. The third-order valence-electron chi connectivity index (χ3n) is 3.78. The summed E-state index contributed by atoms with van der Waals surface area (Å²) in [5.74, 6) is -0.223. The minimum atomic E-state index is -0.718. The van der Waals surface area contributed by atoms with Gasteiger partial charge in [0.2, 0.25) is 0 Å². The van der Waals surface area contributed by atoms with Gasteiger partial charge < -0.3 is 4.42 Å². The molecule has 0 aliphatic carbocycles. The number of hydrogen-bond acceptors (Lipinski definition) is 5. The molecule has 2 aromatic carbocycles. The molecule has 0 atom stereocenters. The second-order valence-corrected chi connectivity index (χ2v) is 5.48. The molecular weight excluding hydrogens is 349 g/mol. The highest BCUT2D eigenvalue weighted by Gasteiger charge is 2.19. The van der Waals surface area contributed by atoms with Gasteiger partial charge >= 0.3 is 0 Å². The highest BCUT2D eigenvalue weighted by Crippen LogP contribution is 2.32. The van der Waals surface area contributed by atoms with Gasteiger partial charge in [-0.1, -0.05) is 12.1 Å². The average molecular weight is 359 g/mol. The predicted molar refractivity (Wildman–Crippen MR) is 95.4 cm³/mol. The number of nitriles is 2. The molecule has 1 heterocycles. The van der Waals surface area contributed by atoms with Crippen LogP contribution in [0.2, 0.25) is 0 Å². The lowest BCUT2D eigenvalue weighted by atomic mass is 10.0. The number of halogens is 1. The van der Waals surface area contributed by atoms with Crippen molar-refractivity contribution in [3.05, 3.63) is 87.4 Å². The van der Waals surface area contributed by atoms with Crippen LogP contribution in [0.15, 0.2) is 59.0 Å². The fourth-order valence-electron chi connectivity index (χ4n) is 2.49. The first-order valence-electron chi connectivity index (χ1n) is 7.68. The lowest BCUT2D eigenvalue weighted by Crippen LogP contribution is -1.92. The first-order valence-corrected chi connectivity index (χ1v) is 7.68. The number of rotatable bonds is 4. The van der Waals surface area contributed by atoms with Crippen molar-refractivity contribution >= 4 is 17.3 Å². The lowest BCUT2D eigenvalue weighted by Gasteiger charge is -2.00. The van der Waals surface area contributed by atoms with Crippen LogP contribution in [0, 0.1) is 38.6 Å². The molecule has 0 N–H and O–H groups in total. The number of nitrogens with zero attached hydrogens (tertiary/aromatic N) is 3. The van der Waals surface area contributed by atoms with Gasteiger partial charge in [-0.15, -0.1) is 0 Å². The maximum Gasteiger partial charge on any atom is 0.283 e. The summed E-state index contributed by atoms with van der Waals surface area (Å²) in [5.41, 5.74) is 1.10. The molecule has 0 aliphatic rings. The summed E-state index contributed by atoms with van der Waals surface area (Å²) in [5, 5.41) is 29.4. The largest absolute Gasteiger partial charge is 0.456 e. The summed E-state index contributed by atoms with van der Waals surface area (Å²) in [6.45, 7) is 0. The quantitative estimate of drug-likeness (QED) is 0.373. The highest BCUT2D eigenvalue weighted by molar-refractivity contribution is 5.89. The van der Waals surface area contributed by atoms with E-state index in [0.29, 0.717) is 22.5 Å². The van der Waals surface area contributed by atoms with Crippen molar-refractivity contribution in [1.29, 1.82) is 10.5 Å². The molecule has 0 saturated carbocycles. The van der Waals surface area contributed by atoms with Crippen molar-refractivity contribution in [3.63, 3.8) is 0 Å². The van der Waals surface area contributed by atoms with Gasteiger partial charge in [-0.25, -0.2) is 4.39 Å². The zero-order chi connectivity index (χ0) is 19.4. The monoisotopic (exact) mass is 359 g/mol. The first kappa shape index (κ1) is 17.6. The SMILES string of the molecule is N#CC(=Cc1ccc(-c2ccc(F)cc2[N+](=O)[O-])o1)c1ccc(C#N)cc1. The van der Waals surface area contributed by atoms with Crippen LogP contribution >= 0.6 is 0 Å². The highest BCUT2D eigenvalue weighted by atomic mass is 19.1. The molecule has 0 aliphatic heterocycles.